The molecule has 0 amide bonds. The van der Waals surface area contributed by atoms with Crippen molar-refractivity contribution in [1.29, 1.82) is 0 Å². The van der Waals surface area contributed by atoms with Crippen molar-refractivity contribution >= 4 is 5.97 Å². The van der Waals surface area contributed by atoms with E-state index in [1.54, 1.807) is 0 Å². The van der Waals surface area contributed by atoms with Gasteiger partial charge in [0.05, 0.1) is 5.56 Å². The normalized spacial score (nSPS) is 12.1. The lowest BCUT2D eigenvalue weighted by Gasteiger charge is -2.17. The summed E-state index contributed by atoms with van der Waals surface area (Å²) in [6.07, 6.45) is 15.1. The van der Waals surface area contributed by atoms with Gasteiger partial charge in [-0.2, -0.15) is 0 Å². The van der Waals surface area contributed by atoms with Gasteiger partial charge >= 0.3 is 5.97 Å². The van der Waals surface area contributed by atoms with Crippen molar-refractivity contribution < 1.29 is 18.3 Å². The summed E-state index contributed by atoms with van der Waals surface area (Å²) in [7, 11) is 0. The second kappa shape index (κ2) is 14.6. The predicted octanol–water partition coefficient (Wildman–Crippen LogP) is 7.60. The van der Waals surface area contributed by atoms with Crippen molar-refractivity contribution in [1.82, 2.24) is 0 Å². The van der Waals surface area contributed by atoms with Crippen molar-refractivity contribution in [3.63, 3.8) is 0 Å². The SMILES string of the molecule is CCCCCCCCCCCCC(CCC)OC(=O)c1ccc(F)c(F)c1. The van der Waals surface area contributed by atoms with Crippen molar-refractivity contribution in [3.8, 4) is 0 Å². The number of carbonyl (C=O) groups is 1. The third-order valence-electron chi connectivity index (χ3n) is 4.92. The highest BCUT2D eigenvalue weighted by Gasteiger charge is 2.16. The molecule has 0 saturated heterocycles. The molecule has 0 bridgehead atoms. The lowest BCUT2D eigenvalue weighted by Crippen LogP contribution is -2.18. The van der Waals surface area contributed by atoms with Gasteiger partial charge < -0.3 is 4.74 Å². The maximum Gasteiger partial charge on any atom is 0.338 e. The molecule has 1 atom stereocenters. The molecular weight excluding hydrogens is 346 g/mol. The lowest BCUT2D eigenvalue weighted by molar-refractivity contribution is 0.0253. The first-order valence-electron chi connectivity index (χ1n) is 10.7. The van der Waals surface area contributed by atoms with Crippen LogP contribution in [0.15, 0.2) is 18.2 Å². The molecule has 0 aliphatic carbocycles. The zero-order valence-electron chi connectivity index (χ0n) is 17.1. The van der Waals surface area contributed by atoms with Gasteiger partial charge in [-0.05, 0) is 37.5 Å². The maximum absolute atomic E-state index is 13.3. The van der Waals surface area contributed by atoms with Gasteiger partial charge in [-0.1, -0.05) is 78.1 Å². The molecule has 0 fully saturated rings. The minimum Gasteiger partial charge on any atom is -0.459 e. The molecule has 0 aromatic heterocycles. The Morgan fingerprint density at radius 2 is 1.41 bits per heavy atom. The molecule has 0 radical (unpaired) electrons. The number of ether oxygens (including phenoxy) is 1. The summed E-state index contributed by atoms with van der Waals surface area (Å²) in [4.78, 5) is 12.2. The highest BCUT2D eigenvalue weighted by Crippen LogP contribution is 2.17. The van der Waals surface area contributed by atoms with Crippen molar-refractivity contribution in [2.24, 2.45) is 0 Å². The number of hydrogen-bond acceptors (Lipinski definition) is 2. The van der Waals surface area contributed by atoms with E-state index in [0.717, 1.165) is 44.2 Å². The van der Waals surface area contributed by atoms with E-state index in [4.69, 9.17) is 4.74 Å². The largest absolute Gasteiger partial charge is 0.459 e. The van der Waals surface area contributed by atoms with Crippen LogP contribution in [0.3, 0.4) is 0 Å². The molecule has 1 aromatic rings. The minimum absolute atomic E-state index is 0.0677. The average Bonchev–Trinajstić information content (AvgIpc) is 2.65. The third kappa shape index (κ3) is 10.5. The first kappa shape index (κ1) is 23.6. The Hall–Kier alpha value is -1.45. The van der Waals surface area contributed by atoms with Gasteiger partial charge in [0.15, 0.2) is 11.6 Å². The van der Waals surface area contributed by atoms with Crippen LogP contribution < -0.4 is 0 Å². The number of esters is 1. The molecule has 1 unspecified atom stereocenters. The monoisotopic (exact) mass is 382 g/mol. The predicted molar refractivity (Wildman–Crippen MR) is 107 cm³/mol. The summed E-state index contributed by atoms with van der Waals surface area (Å²) in [6.45, 7) is 4.29. The van der Waals surface area contributed by atoms with E-state index in [2.05, 4.69) is 13.8 Å². The number of benzene rings is 1. The second-order valence-electron chi connectivity index (χ2n) is 7.42. The van der Waals surface area contributed by atoms with E-state index in [1.165, 1.54) is 57.4 Å². The van der Waals surface area contributed by atoms with Crippen LogP contribution in [0.5, 0.6) is 0 Å². The molecule has 0 heterocycles. The number of rotatable bonds is 15. The molecule has 27 heavy (non-hydrogen) atoms. The van der Waals surface area contributed by atoms with Crippen LogP contribution in [0, 0.1) is 11.6 Å². The molecule has 0 saturated carbocycles. The van der Waals surface area contributed by atoms with Crippen LogP contribution in [0.4, 0.5) is 8.78 Å². The standard InChI is InChI=1S/C23H36F2O2/c1-3-5-6-7-8-9-10-11-12-13-15-20(14-4-2)27-23(26)19-16-17-21(24)22(25)18-19/h16-18,20H,3-15H2,1-2H3. The fourth-order valence-electron chi connectivity index (χ4n) is 3.29. The summed E-state index contributed by atoms with van der Waals surface area (Å²) in [5.41, 5.74) is 0.0677. The van der Waals surface area contributed by atoms with Crippen LogP contribution in [0.1, 0.15) is 108 Å². The number of unbranched alkanes of at least 4 members (excludes halogenated alkanes) is 9. The summed E-state index contributed by atoms with van der Waals surface area (Å²) < 4.78 is 31.8. The van der Waals surface area contributed by atoms with Gasteiger partial charge in [-0.25, -0.2) is 13.6 Å². The van der Waals surface area contributed by atoms with Gasteiger partial charge in [0.2, 0.25) is 0 Å². The van der Waals surface area contributed by atoms with E-state index >= 15 is 0 Å². The topological polar surface area (TPSA) is 26.3 Å². The fourth-order valence-corrected chi connectivity index (χ4v) is 3.29. The van der Waals surface area contributed by atoms with Gasteiger partial charge in [0.1, 0.15) is 6.10 Å². The maximum atomic E-state index is 13.3. The van der Waals surface area contributed by atoms with Crippen molar-refractivity contribution in [3.05, 3.63) is 35.4 Å². The first-order valence-corrected chi connectivity index (χ1v) is 10.7. The van der Waals surface area contributed by atoms with E-state index in [9.17, 15) is 13.6 Å². The van der Waals surface area contributed by atoms with Crippen LogP contribution in [-0.4, -0.2) is 12.1 Å². The van der Waals surface area contributed by atoms with Crippen LogP contribution in [0.25, 0.3) is 0 Å². The summed E-state index contributed by atoms with van der Waals surface area (Å²) >= 11 is 0. The van der Waals surface area contributed by atoms with Crippen LogP contribution >= 0.6 is 0 Å². The van der Waals surface area contributed by atoms with Gasteiger partial charge in [-0.15, -0.1) is 0 Å². The molecule has 0 aliphatic heterocycles. The van der Waals surface area contributed by atoms with Crippen LogP contribution in [0.2, 0.25) is 0 Å². The fraction of sp³-hybridized carbons (Fsp3) is 0.696. The van der Waals surface area contributed by atoms with E-state index in [0.29, 0.717) is 0 Å². The molecule has 2 nitrogen and oxygen atoms in total. The van der Waals surface area contributed by atoms with Crippen molar-refractivity contribution in [2.75, 3.05) is 0 Å². The Kier molecular flexibility index (Phi) is 12.7. The minimum atomic E-state index is -1.02. The highest BCUT2D eigenvalue weighted by atomic mass is 19.2. The smallest absolute Gasteiger partial charge is 0.338 e. The van der Waals surface area contributed by atoms with E-state index in [-0.39, 0.29) is 11.7 Å². The molecule has 4 heteroatoms. The lowest BCUT2D eigenvalue weighted by atomic mass is 10.0. The molecule has 154 valence electrons. The van der Waals surface area contributed by atoms with Gasteiger partial charge in [0.25, 0.3) is 0 Å². The Labute approximate surface area is 163 Å². The molecule has 0 N–H and O–H groups in total. The zero-order valence-corrected chi connectivity index (χ0v) is 17.1. The summed E-state index contributed by atoms with van der Waals surface area (Å²) in [5.74, 6) is -2.55. The number of hydrogen-bond donors (Lipinski definition) is 0. The number of halogens is 2. The zero-order chi connectivity index (χ0) is 19.9. The van der Waals surface area contributed by atoms with Crippen LogP contribution in [-0.2, 0) is 4.74 Å². The Morgan fingerprint density at radius 1 is 0.815 bits per heavy atom. The molecular formula is C23H36F2O2. The highest BCUT2D eigenvalue weighted by molar-refractivity contribution is 5.89. The van der Waals surface area contributed by atoms with Crippen molar-refractivity contribution in [2.45, 2.75) is 103 Å². The van der Waals surface area contributed by atoms with Gasteiger partial charge in [0, 0.05) is 0 Å². The van der Waals surface area contributed by atoms with E-state index < -0.39 is 17.6 Å². The molecule has 1 aromatic carbocycles. The first-order chi connectivity index (χ1) is 13.1. The Morgan fingerprint density at radius 3 is 1.96 bits per heavy atom. The third-order valence-corrected chi connectivity index (χ3v) is 4.92. The van der Waals surface area contributed by atoms with E-state index in [1.807, 2.05) is 0 Å². The molecule has 0 aliphatic rings. The number of carbonyl (C=O) groups excluding carboxylic acids is 1. The Bertz CT molecular complexity index is 531. The molecule has 0 spiro atoms. The Balaban J connectivity index is 2.23. The molecule has 1 rings (SSSR count). The summed E-state index contributed by atoms with van der Waals surface area (Å²) in [6, 6.07) is 3.13. The quantitative estimate of drug-likeness (QED) is 0.230. The van der Waals surface area contributed by atoms with Gasteiger partial charge in [-0.3, -0.25) is 0 Å². The average molecular weight is 383 g/mol. The second-order valence-corrected chi connectivity index (χ2v) is 7.42. The summed E-state index contributed by atoms with van der Waals surface area (Å²) in [5, 5.41) is 0.